The maximum Gasteiger partial charge on any atom is 0.460 e. The summed E-state index contributed by atoms with van der Waals surface area (Å²) in [7, 11) is -2.14. The van der Waals surface area contributed by atoms with E-state index in [-0.39, 0.29) is 11.5 Å². The molecule has 3 N–H and O–H groups in total. The van der Waals surface area contributed by atoms with Crippen LogP contribution in [-0.2, 0) is 0 Å². The zero-order chi connectivity index (χ0) is 14.7. The molecule has 5 nitrogen and oxygen atoms in total. The SMILES string of the molecule is Cc1cc(OP(O)Oc2ccc(O)c(C)c2)ccc1O. The maximum atomic E-state index is 9.77. The van der Waals surface area contributed by atoms with Crippen LogP contribution in [0.2, 0.25) is 0 Å². The summed E-state index contributed by atoms with van der Waals surface area (Å²) in [6, 6.07) is 9.26. The van der Waals surface area contributed by atoms with Crippen molar-refractivity contribution in [2.45, 2.75) is 13.8 Å². The first-order valence-corrected chi connectivity index (χ1v) is 7.03. The number of aromatic hydroxyl groups is 2. The first kappa shape index (κ1) is 14.4. The largest absolute Gasteiger partial charge is 0.508 e. The fraction of sp³-hybridized carbons (Fsp3) is 0.143. The summed E-state index contributed by atoms with van der Waals surface area (Å²) in [5, 5.41) is 18.8. The molecule has 0 saturated heterocycles. The van der Waals surface area contributed by atoms with Gasteiger partial charge in [-0.1, -0.05) is 0 Å². The fourth-order valence-electron chi connectivity index (χ4n) is 1.57. The summed E-state index contributed by atoms with van der Waals surface area (Å²) in [5.74, 6) is 1.14. The first-order chi connectivity index (χ1) is 9.45. The highest BCUT2D eigenvalue weighted by Crippen LogP contribution is 2.38. The van der Waals surface area contributed by atoms with E-state index in [1.165, 1.54) is 12.1 Å². The third-order valence-electron chi connectivity index (χ3n) is 2.70. The number of hydrogen-bond donors (Lipinski definition) is 3. The lowest BCUT2D eigenvalue weighted by molar-refractivity contribution is 0.380. The maximum absolute atomic E-state index is 9.77. The average molecular weight is 294 g/mol. The van der Waals surface area contributed by atoms with E-state index in [1.54, 1.807) is 38.1 Å². The van der Waals surface area contributed by atoms with Crippen LogP contribution in [0, 0.1) is 13.8 Å². The van der Waals surface area contributed by atoms with E-state index in [0.29, 0.717) is 22.6 Å². The van der Waals surface area contributed by atoms with Gasteiger partial charge < -0.3 is 24.2 Å². The molecule has 0 saturated carbocycles. The average Bonchev–Trinajstić information content (AvgIpc) is 2.38. The van der Waals surface area contributed by atoms with E-state index < -0.39 is 8.60 Å². The molecule has 0 aliphatic heterocycles. The Kier molecular flexibility index (Phi) is 4.32. The van der Waals surface area contributed by atoms with Gasteiger partial charge in [0, 0.05) is 0 Å². The van der Waals surface area contributed by atoms with Gasteiger partial charge >= 0.3 is 8.60 Å². The molecule has 0 aliphatic rings. The van der Waals surface area contributed by atoms with Gasteiger partial charge in [0.15, 0.2) is 0 Å². The van der Waals surface area contributed by atoms with Crippen molar-refractivity contribution in [2.75, 3.05) is 0 Å². The molecule has 2 aromatic rings. The number of benzene rings is 2. The summed E-state index contributed by atoms with van der Waals surface area (Å²) >= 11 is 0. The van der Waals surface area contributed by atoms with E-state index in [9.17, 15) is 15.1 Å². The van der Waals surface area contributed by atoms with Crippen molar-refractivity contribution in [1.29, 1.82) is 0 Å². The zero-order valence-corrected chi connectivity index (χ0v) is 12.0. The first-order valence-electron chi connectivity index (χ1n) is 5.90. The predicted octanol–water partition coefficient (Wildman–Crippen LogP) is 3.39. The van der Waals surface area contributed by atoms with Crippen molar-refractivity contribution in [3.8, 4) is 23.0 Å². The van der Waals surface area contributed by atoms with Crippen molar-refractivity contribution in [2.24, 2.45) is 0 Å². The highest BCUT2D eigenvalue weighted by Gasteiger charge is 2.13. The molecule has 0 heterocycles. The smallest absolute Gasteiger partial charge is 0.460 e. The minimum absolute atomic E-state index is 0.162. The molecule has 106 valence electrons. The number of hydrogen-bond acceptors (Lipinski definition) is 5. The van der Waals surface area contributed by atoms with Crippen molar-refractivity contribution in [1.82, 2.24) is 0 Å². The van der Waals surface area contributed by atoms with Gasteiger partial charge in [-0.15, -0.1) is 0 Å². The number of aryl methyl sites for hydroxylation is 2. The molecule has 0 amide bonds. The van der Waals surface area contributed by atoms with Crippen LogP contribution in [0.3, 0.4) is 0 Å². The third-order valence-corrected chi connectivity index (χ3v) is 3.44. The second-order valence-electron chi connectivity index (χ2n) is 4.32. The van der Waals surface area contributed by atoms with E-state index in [2.05, 4.69) is 0 Å². The van der Waals surface area contributed by atoms with Gasteiger partial charge in [-0.3, -0.25) is 0 Å². The minimum atomic E-state index is -2.14. The highest BCUT2D eigenvalue weighted by atomic mass is 31.2. The Labute approximate surface area is 118 Å². The molecule has 0 aliphatic carbocycles. The summed E-state index contributed by atoms with van der Waals surface area (Å²) in [4.78, 5) is 9.77. The van der Waals surface area contributed by atoms with Gasteiger partial charge in [-0.05, 0) is 61.4 Å². The number of rotatable bonds is 4. The number of phenolic OH excluding ortho intramolecular Hbond substituents is 2. The summed E-state index contributed by atoms with van der Waals surface area (Å²) in [6.07, 6.45) is 0. The molecule has 0 fully saturated rings. The quantitative estimate of drug-likeness (QED) is 0.753. The molecule has 0 atom stereocenters. The second-order valence-corrected chi connectivity index (χ2v) is 5.16. The molecule has 0 aromatic heterocycles. The van der Waals surface area contributed by atoms with Crippen LogP contribution < -0.4 is 9.05 Å². The highest BCUT2D eigenvalue weighted by molar-refractivity contribution is 7.41. The summed E-state index contributed by atoms with van der Waals surface area (Å²) in [6.45, 7) is 3.46. The molecule has 20 heavy (non-hydrogen) atoms. The second kappa shape index (κ2) is 5.99. The van der Waals surface area contributed by atoms with E-state index in [4.69, 9.17) is 9.05 Å². The van der Waals surface area contributed by atoms with Crippen LogP contribution in [-0.4, -0.2) is 15.1 Å². The summed E-state index contributed by atoms with van der Waals surface area (Å²) in [5.41, 5.74) is 1.29. The molecule has 0 unspecified atom stereocenters. The Morgan fingerprint density at radius 1 is 0.800 bits per heavy atom. The van der Waals surface area contributed by atoms with Crippen LogP contribution in [0.15, 0.2) is 36.4 Å². The topological polar surface area (TPSA) is 79.2 Å². The van der Waals surface area contributed by atoms with Gasteiger partial charge in [-0.2, -0.15) is 0 Å². The molecule has 2 aromatic carbocycles. The van der Waals surface area contributed by atoms with Crippen molar-refractivity contribution < 1.29 is 24.2 Å². The van der Waals surface area contributed by atoms with Gasteiger partial charge in [0.25, 0.3) is 0 Å². The van der Waals surface area contributed by atoms with E-state index >= 15 is 0 Å². The Balaban J connectivity index is 2.02. The van der Waals surface area contributed by atoms with E-state index in [1.807, 2.05) is 0 Å². The standard InChI is InChI=1S/C14H15O5P/c1-9-7-11(3-5-13(9)15)18-20(17)19-12-4-6-14(16)10(2)8-12/h3-8,15-17H,1-2H3. The Morgan fingerprint density at radius 2 is 1.20 bits per heavy atom. The Bertz CT molecular complexity index is 561. The van der Waals surface area contributed by atoms with Crippen LogP contribution in [0.1, 0.15) is 11.1 Å². The molecule has 0 bridgehead atoms. The van der Waals surface area contributed by atoms with Gasteiger partial charge in [0.2, 0.25) is 0 Å². The lowest BCUT2D eigenvalue weighted by Crippen LogP contribution is -1.95. The lowest BCUT2D eigenvalue weighted by Gasteiger charge is -2.13. The number of phenols is 2. The molecule has 0 spiro atoms. The van der Waals surface area contributed by atoms with Crippen LogP contribution in [0.5, 0.6) is 23.0 Å². The molecule has 6 heteroatoms. The fourth-order valence-corrected chi connectivity index (χ4v) is 2.19. The predicted molar refractivity (Wildman–Crippen MR) is 76.1 cm³/mol. The zero-order valence-electron chi connectivity index (χ0n) is 11.1. The van der Waals surface area contributed by atoms with Crippen molar-refractivity contribution >= 4 is 8.60 Å². The summed E-state index contributed by atoms with van der Waals surface area (Å²) < 4.78 is 10.5. The van der Waals surface area contributed by atoms with E-state index in [0.717, 1.165) is 0 Å². The van der Waals surface area contributed by atoms with Gasteiger partial charge in [-0.25, -0.2) is 0 Å². The molecular weight excluding hydrogens is 279 g/mol. The molecular formula is C14H15O5P. The normalized spacial score (nSPS) is 10.6. The third kappa shape index (κ3) is 3.53. The van der Waals surface area contributed by atoms with Gasteiger partial charge in [0.05, 0.1) is 0 Å². The monoisotopic (exact) mass is 294 g/mol. The Morgan fingerprint density at radius 3 is 1.55 bits per heavy atom. The lowest BCUT2D eigenvalue weighted by atomic mass is 10.2. The van der Waals surface area contributed by atoms with Crippen molar-refractivity contribution in [3.63, 3.8) is 0 Å². The van der Waals surface area contributed by atoms with Crippen LogP contribution in [0.25, 0.3) is 0 Å². The minimum Gasteiger partial charge on any atom is -0.508 e. The van der Waals surface area contributed by atoms with Gasteiger partial charge in [0.1, 0.15) is 23.0 Å². The van der Waals surface area contributed by atoms with Crippen LogP contribution in [0.4, 0.5) is 0 Å². The van der Waals surface area contributed by atoms with Crippen LogP contribution >= 0.6 is 8.60 Å². The van der Waals surface area contributed by atoms with Crippen molar-refractivity contribution in [3.05, 3.63) is 47.5 Å². The Hall–Kier alpha value is -1.97. The molecule has 0 radical (unpaired) electrons. The molecule has 2 rings (SSSR count).